The van der Waals surface area contributed by atoms with Gasteiger partial charge in [-0.1, -0.05) is 43.3 Å². The third-order valence-electron chi connectivity index (χ3n) is 5.43. The molecule has 0 aliphatic carbocycles. The molecule has 32 heavy (non-hydrogen) atoms. The molecule has 0 spiro atoms. The molecule has 0 saturated heterocycles. The number of nitrogens with zero attached hydrogens (tertiary/aromatic N) is 1. The van der Waals surface area contributed by atoms with Gasteiger partial charge in [0.25, 0.3) is 0 Å². The zero-order chi connectivity index (χ0) is 22.7. The molecule has 0 radical (unpaired) electrons. The summed E-state index contributed by atoms with van der Waals surface area (Å²) in [7, 11) is 0. The van der Waals surface area contributed by atoms with E-state index in [4.69, 9.17) is 4.74 Å². The Morgan fingerprint density at radius 3 is 2.31 bits per heavy atom. The van der Waals surface area contributed by atoms with Gasteiger partial charge in [0, 0.05) is 10.9 Å². The molecule has 0 amide bonds. The number of rotatable bonds is 6. The number of hydrogen-bond donors (Lipinski definition) is 0. The Morgan fingerprint density at radius 1 is 0.938 bits per heavy atom. The van der Waals surface area contributed by atoms with Gasteiger partial charge in [0.05, 0.1) is 16.8 Å². The molecule has 3 aromatic carbocycles. The lowest BCUT2D eigenvalue weighted by Gasteiger charge is -2.14. The second-order valence-corrected chi connectivity index (χ2v) is 8.28. The van der Waals surface area contributed by atoms with E-state index in [1.165, 1.54) is 17.7 Å². The summed E-state index contributed by atoms with van der Waals surface area (Å²) in [6.07, 6.45) is -3.40. The molecule has 6 heteroatoms. The molecule has 1 aromatic heterocycles. The summed E-state index contributed by atoms with van der Waals surface area (Å²) in [5, 5.41) is 2.01. The molecule has 0 bridgehead atoms. The first-order chi connectivity index (χ1) is 15.3. The fourth-order valence-corrected chi connectivity index (χ4v) is 4.07. The second kappa shape index (κ2) is 9.17. The van der Waals surface area contributed by atoms with Crippen molar-refractivity contribution >= 4 is 11.3 Å². The molecule has 2 nitrogen and oxygen atoms in total. The highest BCUT2D eigenvalue weighted by Crippen LogP contribution is 2.33. The largest absolute Gasteiger partial charge is 0.488 e. The Labute approximate surface area is 189 Å². The number of ether oxygens (including phenoxy) is 1. The number of benzene rings is 3. The van der Waals surface area contributed by atoms with Crippen LogP contribution in [-0.4, -0.2) is 4.98 Å². The Bertz CT molecular complexity index is 1200. The van der Waals surface area contributed by atoms with Gasteiger partial charge in [-0.25, -0.2) is 4.98 Å². The third-order valence-corrected chi connectivity index (χ3v) is 6.02. The second-order valence-electron chi connectivity index (χ2n) is 7.56. The molecule has 0 aliphatic heterocycles. The van der Waals surface area contributed by atoms with Crippen molar-refractivity contribution in [2.45, 2.75) is 33.1 Å². The number of alkyl halides is 3. The first-order valence-corrected chi connectivity index (χ1v) is 11.2. The number of halogens is 3. The molecule has 0 N–H and O–H groups in total. The maximum atomic E-state index is 12.8. The van der Waals surface area contributed by atoms with Crippen molar-refractivity contribution in [3.63, 3.8) is 0 Å². The van der Waals surface area contributed by atoms with Crippen LogP contribution in [0.2, 0.25) is 0 Å². The van der Waals surface area contributed by atoms with E-state index in [9.17, 15) is 13.2 Å². The van der Waals surface area contributed by atoms with Crippen LogP contribution in [0.1, 0.15) is 29.2 Å². The van der Waals surface area contributed by atoms with Crippen LogP contribution in [0.4, 0.5) is 13.2 Å². The van der Waals surface area contributed by atoms with Crippen molar-refractivity contribution in [3.05, 3.63) is 93.8 Å². The smallest absolute Gasteiger partial charge is 0.416 e. The quantitative estimate of drug-likeness (QED) is 0.296. The standard InChI is InChI=1S/C26H22F3NOS/c1-3-18-4-11-25(23(13-18)24-15-32-16-30-24)31-14-21-6-5-20(12-17(21)2)19-7-9-22(10-8-19)26(27,28)29/h4-13,15-16H,3,14H2,1-2H3. The van der Waals surface area contributed by atoms with E-state index < -0.39 is 11.7 Å². The van der Waals surface area contributed by atoms with Crippen LogP contribution in [0.3, 0.4) is 0 Å². The fourth-order valence-electron chi connectivity index (χ4n) is 3.51. The van der Waals surface area contributed by atoms with Crippen LogP contribution >= 0.6 is 11.3 Å². The lowest BCUT2D eigenvalue weighted by atomic mass is 9.99. The Balaban J connectivity index is 1.53. The van der Waals surface area contributed by atoms with Gasteiger partial charge in [-0.3, -0.25) is 0 Å². The zero-order valence-corrected chi connectivity index (χ0v) is 18.6. The van der Waals surface area contributed by atoms with E-state index >= 15 is 0 Å². The average Bonchev–Trinajstić information content (AvgIpc) is 3.32. The van der Waals surface area contributed by atoms with Crippen molar-refractivity contribution < 1.29 is 17.9 Å². The first-order valence-electron chi connectivity index (χ1n) is 10.3. The Morgan fingerprint density at radius 2 is 1.69 bits per heavy atom. The van der Waals surface area contributed by atoms with Crippen molar-refractivity contribution in [2.24, 2.45) is 0 Å². The number of hydrogen-bond acceptors (Lipinski definition) is 3. The van der Waals surface area contributed by atoms with Gasteiger partial charge < -0.3 is 4.74 Å². The van der Waals surface area contributed by atoms with E-state index in [0.717, 1.165) is 57.8 Å². The Hall–Kier alpha value is -3.12. The molecule has 0 atom stereocenters. The zero-order valence-electron chi connectivity index (χ0n) is 17.7. The predicted molar refractivity (Wildman–Crippen MR) is 123 cm³/mol. The van der Waals surface area contributed by atoms with Crippen molar-refractivity contribution in [1.82, 2.24) is 4.98 Å². The molecular formula is C26H22F3NOS. The van der Waals surface area contributed by atoms with Crippen LogP contribution in [0, 0.1) is 6.92 Å². The fraction of sp³-hybridized carbons (Fsp3) is 0.192. The van der Waals surface area contributed by atoms with Gasteiger partial charge in [-0.15, -0.1) is 11.3 Å². The Kier molecular flexibility index (Phi) is 6.33. The molecule has 0 aliphatic rings. The van der Waals surface area contributed by atoms with E-state index in [1.807, 2.05) is 42.1 Å². The van der Waals surface area contributed by atoms with E-state index in [0.29, 0.717) is 6.61 Å². The molecular weight excluding hydrogens is 431 g/mol. The average molecular weight is 454 g/mol. The summed E-state index contributed by atoms with van der Waals surface area (Å²) in [5.74, 6) is 0.777. The van der Waals surface area contributed by atoms with Crippen LogP contribution in [0.5, 0.6) is 5.75 Å². The first kappa shape index (κ1) is 22.1. The van der Waals surface area contributed by atoms with Gasteiger partial charge in [-0.05, 0) is 65.4 Å². The number of aromatic nitrogens is 1. The minimum absolute atomic E-state index is 0.391. The number of thiazole rings is 1. The molecule has 4 aromatic rings. The molecule has 1 heterocycles. The van der Waals surface area contributed by atoms with Gasteiger partial charge in [0.1, 0.15) is 12.4 Å². The molecule has 164 valence electrons. The minimum Gasteiger partial charge on any atom is -0.488 e. The van der Waals surface area contributed by atoms with Crippen LogP contribution < -0.4 is 4.74 Å². The van der Waals surface area contributed by atoms with E-state index in [1.54, 1.807) is 11.3 Å². The molecule has 0 unspecified atom stereocenters. The lowest BCUT2D eigenvalue weighted by molar-refractivity contribution is -0.137. The van der Waals surface area contributed by atoms with Gasteiger partial charge >= 0.3 is 6.18 Å². The maximum absolute atomic E-state index is 12.8. The summed E-state index contributed by atoms with van der Waals surface area (Å²) in [6.45, 7) is 4.48. The SMILES string of the molecule is CCc1ccc(OCc2ccc(-c3ccc(C(F)(F)F)cc3)cc2C)c(-c2cscn2)c1. The molecule has 4 rings (SSSR count). The molecule has 0 saturated carbocycles. The summed E-state index contributed by atoms with van der Waals surface area (Å²) in [6, 6.07) is 17.2. The highest BCUT2D eigenvalue weighted by molar-refractivity contribution is 7.07. The third kappa shape index (κ3) is 4.86. The summed E-state index contributed by atoms with van der Waals surface area (Å²) in [4.78, 5) is 4.43. The van der Waals surface area contributed by atoms with E-state index in [2.05, 4.69) is 24.0 Å². The summed E-state index contributed by atoms with van der Waals surface area (Å²) in [5.41, 5.74) is 7.91. The topological polar surface area (TPSA) is 22.1 Å². The van der Waals surface area contributed by atoms with Crippen molar-refractivity contribution in [1.29, 1.82) is 0 Å². The van der Waals surface area contributed by atoms with Crippen LogP contribution in [0.15, 0.2) is 71.6 Å². The lowest BCUT2D eigenvalue weighted by Crippen LogP contribution is -2.04. The highest BCUT2D eigenvalue weighted by atomic mass is 32.1. The van der Waals surface area contributed by atoms with Gasteiger partial charge in [0.2, 0.25) is 0 Å². The van der Waals surface area contributed by atoms with Gasteiger partial charge in [0.15, 0.2) is 0 Å². The minimum atomic E-state index is -4.33. The predicted octanol–water partition coefficient (Wildman–Crippen LogP) is 7.95. The van der Waals surface area contributed by atoms with E-state index in [-0.39, 0.29) is 0 Å². The van der Waals surface area contributed by atoms with Crippen LogP contribution in [0.25, 0.3) is 22.4 Å². The summed E-state index contributed by atoms with van der Waals surface area (Å²) >= 11 is 1.55. The maximum Gasteiger partial charge on any atom is 0.416 e. The van der Waals surface area contributed by atoms with Crippen molar-refractivity contribution in [3.8, 4) is 28.1 Å². The molecule has 0 fully saturated rings. The normalized spacial score (nSPS) is 11.5. The summed E-state index contributed by atoms with van der Waals surface area (Å²) < 4.78 is 44.6. The number of aryl methyl sites for hydroxylation is 2. The monoisotopic (exact) mass is 453 g/mol. The van der Waals surface area contributed by atoms with Crippen LogP contribution in [-0.2, 0) is 19.2 Å². The van der Waals surface area contributed by atoms with Crippen molar-refractivity contribution in [2.75, 3.05) is 0 Å². The highest BCUT2D eigenvalue weighted by Gasteiger charge is 2.29. The van der Waals surface area contributed by atoms with Gasteiger partial charge in [-0.2, -0.15) is 13.2 Å².